The Morgan fingerprint density at radius 1 is 0.968 bits per heavy atom. The van der Waals surface area contributed by atoms with Gasteiger partial charge >= 0.3 is 0 Å². The van der Waals surface area contributed by atoms with Crippen LogP contribution in [0.3, 0.4) is 0 Å². The van der Waals surface area contributed by atoms with Crippen LogP contribution in [0.5, 0.6) is 0 Å². The standard InChI is InChI=1S/C26H23FN2O2/c27-19-7-5-6-17(14-19)15-29-16-18(12-13-24(29)30)26(31)28-25-22-10-3-1-8-20(22)21-9-2-4-11-23(21)25/h1-11,14,18,25H,12-13,15-16H2,(H,28,31)/t18-/m1/s1. The molecule has 5 heteroatoms. The number of hydrogen-bond acceptors (Lipinski definition) is 2. The zero-order valence-corrected chi connectivity index (χ0v) is 17.1. The molecule has 1 N–H and O–H groups in total. The van der Waals surface area contributed by atoms with Gasteiger partial charge in [0.25, 0.3) is 0 Å². The number of benzene rings is 3. The number of carbonyl (C=O) groups is 2. The topological polar surface area (TPSA) is 49.4 Å². The van der Waals surface area contributed by atoms with Crippen molar-refractivity contribution in [2.24, 2.45) is 5.92 Å². The number of nitrogens with zero attached hydrogens (tertiary/aromatic N) is 1. The van der Waals surface area contributed by atoms with E-state index in [9.17, 15) is 14.0 Å². The third kappa shape index (κ3) is 3.72. The minimum Gasteiger partial charge on any atom is -0.345 e. The fourth-order valence-corrected chi connectivity index (χ4v) is 4.71. The molecule has 0 bridgehead atoms. The van der Waals surface area contributed by atoms with E-state index in [0.29, 0.717) is 25.9 Å². The smallest absolute Gasteiger partial charge is 0.225 e. The number of halogens is 1. The number of nitrogens with one attached hydrogen (secondary N) is 1. The van der Waals surface area contributed by atoms with E-state index in [1.807, 2.05) is 24.3 Å². The van der Waals surface area contributed by atoms with Crippen molar-refractivity contribution in [1.29, 1.82) is 0 Å². The lowest BCUT2D eigenvalue weighted by atomic mass is 9.95. The maximum absolute atomic E-state index is 13.5. The van der Waals surface area contributed by atoms with Crippen molar-refractivity contribution in [2.45, 2.75) is 25.4 Å². The summed E-state index contributed by atoms with van der Waals surface area (Å²) in [7, 11) is 0. The normalized spacial score (nSPS) is 17.9. The summed E-state index contributed by atoms with van der Waals surface area (Å²) in [6.07, 6.45) is 0.853. The highest BCUT2D eigenvalue weighted by Crippen LogP contribution is 2.43. The van der Waals surface area contributed by atoms with E-state index >= 15 is 0 Å². The molecule has 2 amide bonds. The zero-order valence-electron chi connectivity index (χ0n) is 17.1. The first-order valence-corrected chi connectivity index (χ1v) is 10.6. The summed E-state index contributed by atoms with van der Waals surface area (Å²) in [5, 5.41) is 3.23. The van der Waals surface area contributed by atoms with Crippen molar-refractivity contribution in [3.05, 3.63) is 95.3 Å². The molecule has 0 aromatic heterocycles. The Labute approximate surface area is 180 Å². The van der Waals surface area contributed by atoms with Gasteiger partial charge in [-0.05, 0) is 46.4 Å². The van der Waals surface area contributed by atoms with Crippen molar-refractivity contribution in [2.75, 3.05) is 6.54 Å². The van der Waals surface area contributed by atoms with Crippen LogP contribution < -0.4 is 5.32 Å². The molecule has 3 aromatic carbocycles. The molecule has 1 aliphatic carbocycles. The second kappa shape index (κ2) is 7.99. The Kier molecular flexibility index (Phi) is 5.02. The van der Waals surface area contributed by atoms with Crippen LogP contribution >= 0.6 is 0 Å². The predicted molar refractivity (Wildman–Crippen MR) is 116 cm³/mol. The summed E-state index contributed by atoms with van der Waals surface area (Å²) < 4.78 is 13.5. The second-order valence-electron chi connectivity index (χ2n) is 8.26. The Balaban J connectivity index is 1.33. The minimum atomic E-state index is -0.324. The Morgan fingerprint density at radius 2 is 1.65 bits per heavy atom. The lowest BCUT2D eigenvalue weighted by Crippen LogP contribution is -2.46. The second-order valence-corrected chi connectivity index (χ2v) is 8.26. The van der Waals surface area contributed by atoms with Crippen LogP contribution in [-0.2, 0) is 16.1 Å². The number of rotatable bonds is 4. The van der Waals surface area contributed by atoms with Crippen LogP contribution in [0.2, 0.25) is 0 Å². The number of likely N-dealkylation sites (tertiary alicyclic amines) is 1. The van der Waals surface area contributed by atoms with Gasteiger partial charge in [-0.1, -0.05) is 60.7 Å². The first-order valence-electron chi connectivity index (χ1n) is 10.6. The maximum Gasteiger partial charge on any atom is 0.225 e. The minimum absolute atomic E-state index is 0.00451. The molecular formula is C26H23FN2O2. The molecule has 0 unspecified atom stereocenters. The van der Waals surface area contributed by atoms with Gasteiger partial charge in [-0.2, -0.15) is 0 Å². The van der Waals surface area contributed by atoms with Crippen LogP contribution in [0, 0.1) is 11.7 Å². The molecule has 156 valence electrons. The van der Waals surface area contributed by atoms with Gasteiger partial charge in [-0.25, -0.2) is 4.39 Å². The number of piperidine rings is 1. The molecule has 1 fully saturated rings. The molecule has 0 saturated carbocycles. The monoisotopic (exact) mass is 414 g/mol. The SMILES string of the molecule is O=C(NC1c2ccccc2-c2ccccc21)[C@@H]1CCC(=O)N(Cc2cccc(F)c2)C1. The largest absolute Gasteiger partial charge is 0.345 e. The van der Waals surface area contributed by atoms with Crippen LogP contribution in [-0.4, -0.2) is 23.3 Å². The third-order valence-electron chi connectivity index (χ3n) is 6.25. The van der Waals surface area contributed by atoms with Gasteiger partial charge in [0.05, 0.1) is 12.0 Å². The number of fused-ring (bicyclic) bond motifs is 3. The number of hydrogen-bond donors (Lipinski definition) is 1. The highest BCUT2D eigenvalue weighted by molar-refractivity contribution is 5.86. The van der Waals surface area contributed by atoms with Gasteiger partial charge in [0, 0.05) is 19.5 Å². The van der Waals surface area contributed by atoms with E-state index in [-0.39, 0.29) is 29.6 Å². The molecule has 0 spiro atoms. The van der Waals surface area contributed by atoms with Crippen LogP contribution in [0.4, 0.5) is 4.39 Å². The third-order valence-corrected chi connectivity index (χ3v) is 6.25. The van der Waals surface area contributed by atoms with Crippen LogP contribution in [0.1, 0.15) is 35.6 Å². The first kappa shape index (κ1) is 19.5. The molecule has 1 heterocycles. The van der Waals surface area contributed by atoms with E-state index < -0.39 is 0 Å². The maximum atomic E-state index is 13.5. The summed E-state index contributed by atoms with van der Waals surface area (Å²) in [5.41, 5.74) is 5.22. The lowest BCUT2D eigenvalue weighted by molar-refractivity contribution is -0.139. The van der Waals surface area contributed by atoms with Crippen molar-refractivity contribution in [1.82, 2.24) is 10.2 Å². The lowest BCUT2D eigenvalue weighted by Gasteiger charge is -2.32. The molecule has 1 saturated heterocycles. The predicted octanol–water partition coefficient (Wildman–Crippen LogP) is 4.45. The highest BCUT2D eigenvalue weighted by Gasteiger charge is 2.34. The summed E-state index contributed by atoms with van der Waals surface area (Å²) >= 11 is 0. The first-order chi connectivity index (χ1) is 15.1. The summed E-state index contributed by atoms with van der Waals surface area (Å²) in [4.78, 5) is 27.3. The molecule has 2 aliphatic rings. The summed E-state index contributed by atoms with van der Waals surface area (Å²) in [6, 6.07) is 22.3. The van der Waals surface area contributed by atoms with Crippen molar-refractivity contribution in [3.63, 3.8) is 0 Å². The Hall–Kier alpha value is -3.47. The molecule has 31 heavy (non-hydrogen) atoms. The summed E-state index contributed by atoms with van der Waals surface area (Å²) in [5.74, 6) is -0.654. The molecular weight excluding hydrogens is 391 g/mol. The van der Waals surface area contributed by atoms with E-state index in [1.165, 1.54) is 12.1 Å². The van der Waals surface area contributed by atoms with Crippen LogP contribution in [0.15, 0.2) is 72.8 Å². The van der Waals surface area contributed by atoms with Crippen molar-refractivity contribution < 1.29 is 14.0 Å². The molecule has 5 rings (SSSR count). The van der Waals surface area contributed by atoms with Gasteiger partial charge < -0.3 is 10.2 Å². The van der Waals surface area contributed by atoms with E-state index in [0.717, 1.165) is 27.8 Å². The average Bonchev–Trinajstić information content (AvgIpc) is 3.09. The molecule has 1 atom stereocenters. The molecule has 0 radical (unpaired) electrons. The van der Waals surface area contributed by atoms with Crippen LogP contribution in [0.25, 0.3) is 11.1 Å². The number of amides is 2. The van der Waals surface area contributed by atoms with E-state index in [2.05, 4.69) is 29.6 Å². The van der Waals surface area contributed by atoms with Gasteiger partial charge in [0.2, 0.25) is 11.8 Å². The number of carbonyl (C=O) groups excluding carboxylic acids is 2. The van der Waals surface area contributed by atoms with E-state index in [4.69, 9.17) is 0 Å². The average molecular weight is 414 g/mol. The summed E-state index contributed by atoms with van der Waals surface area (Å²) in [6.45, 7) is 0.659. The van der Waals surface area contributed by atoms with Crippen molar-refractivity contribution in [3.8, 4) is 11.1 Å². The van der Waals surface area contributed by atoms with Crippen molar-refractivity contribution >= 4 is 11.8 Å². The van der Waals surface area contributed by atoms with Gasteiger partial charge in [-0.3, -0.25) is 9.59 Å². The Morgan fingerprint density at radius 3 is 2.32 bits per heavy atom. The molecule has 3 aromatic rings. The fourth-order valence-electron chi connectivity index (χ4n) is 4.71. The fraction of sp³-hybridized carbons (Fsp3) is 0.231. The highest BCUT2D eigenvalue weighted by atomic mass is 19.1. The van der Waals surface area contributed by atoms with Gasteiger partial charge in [0.1, 0.15) is 5.82 Å². The van der Waals surface area contributed by atoms with E-state index in [1.54, 1.807) is 17.0 Å². The van der Waals surface area contributed by atoms with Gasteiger partial charge in [-0.15, -0.1) is 0 Å². The van der Waals surface area contributed by atoms with Gasteiger partial charge in [0.15, 0.2) is 0 Å². The quantitative estimate of drug-likeness (QED) is 0.686. The molecule has 1 aliphatic heterocycles. The zero-order chi connectivity index (χ0) is 21.4. The Bertz CT molecular complexity index is 1110. The molecule has 4 nitrogen and oxygen atoms in total.